The average Bonchev–Trinajstić information content (AvgIpc) is 2.80. The molecule has 1 fully saturated rings. The molecule has 1 aliphatic heterocycles. The van der Waals surface area contributed by atoms with Crippen LogP contribution in [0.2, 0.25) is 0 Å². The van der Waals surface area contributed by atoms with Crippen molar-refractivity contribution in [1.82, 2.24) is 5.43 Å². The van der Waals surface area contributed by atoms with Gasteiger partial charge in [0, 0.05) is 10.0 Å². The predicted molar refractivity (Wildman–Crippen MR) is 84.1 cm³/mol. The summed E-state index contributed by atoms with van der Waals surface area (Å²) in [6.45, 7) is 0. The van der Waals surface area contributed by atoms with Gasteiger partial charge in [-0.3, -0.25) is 15.0 Å². The van der Waals surface area contributed by atoms with Crippen molar-refractivity contribution in [3.63, 3.8) is 0 Å². The molecular formula is C16H10BrFN2O2. The fourth-order valence-electron chi connectivity index (χ4n) is 2.10. The van der Waals surface area contributed by atoms with Crippen LogP contribution in [0.25, 0.3) is 6.08 Å². The van der Waals surface area contributed by atoms with Crippen LogP contribution in [0.3, 0.4) is 0 Å². The summed E-state index contributed by atoms with van der Waals surface area (Å²) in [6.07, 6.45) is 1.25. The number of hydrogen-bond acceptors (Lipinski definition) is 2. The smallest absolute Gasteiger partial charge is 0.267 e. The van der Waals surface area contributed by atoms with Gasteiger partial charge in [-0.15, -0.1) is 0 Å². The maximum absolute atomic E-state index is 13.8. The van der Waals surface area contributed by atoms with Crippen LogP contribution in [0.4, 0.5) is 10.1 Å². The summed E-state index contributed by atoms with van der Waals surface area (Å²) in [5.74, 6) is -1.58. The number of rotatable bonds is 2. The molecule has 0 atom stereocenters. The molecule has 1 aliphatic rings. The van der Waals surface area contributed by atoms with Gasteiger partial charge in [0.05, 0.1) is 5.69 Å². The van der Waals surface area contributed by atoms with Crippen LogP contribution in [0, 0.1) is 5.82 Å². The van der Waals surface area contributed by atoms with E-state index < -0.39 is 17.6 Å². The van der Waals surface area contributed by atoms with Gasteiger partial charge < -0.3 is 0 Å². The highest BCUT2D eigenvalue weighted by molar-refractivity contribution is 9.10. The lowest BCUT2D eigenvalue weighted by Crippen LogP contribution is -2.35. The Morgan fingerprint density at radius 1 is 1.09 bits per heavy atom. The van der Waals surface area contributed by atoms with E-state index in [4.69, 9.17) is 0 Å². The Morgan fingerprint density at radius 2 is 1.82 bits per heavy atom. The van der Waals surface area contributed by atoms with E-state index in [1.54, 1.807) is 36.4 Å². The molecule has 22 heavy (non-hydrogen) atoms. The quantitative estimate of drug-likeness (QED) is 0.660. The Bertz CT molecular complexity index is 790. The van der Waals surface area contributed by atoms with E-state index in [9.17, 15) is 14.0 Å². The molecule has 0 aliphatic carbocycles. The van der Waals surface area contributed by atoms with E-state index in [0.29, 0.717) is 10.2 Å². The lowest BCUT2D eigenvalue weighted by atomic mass is 10.1. The molecule has 0 aromatic heterocycles. The number of carbonyl (C=O) groups excluding carboxylic acids is 2. The minimum Gasteiger partial charge on any atom is -0.267 e. The highest BCUT2D eigenvalue weighted by Crippen LogP contribution is 2.23. The van der Waals surface area contributed by atoms with Crippen LogP contribution in [0.5, 0.6) is 0 Å². The second-order valence-electron chi connectivity index (χ2n) is 4.64. The van der Waals surface area contributed by atoms with Crippen molar-refractivity contribution in [2.75, 3.05) is 5.01 Å². The van der Waals surface area contributed by atoms with Crippen molar-refractivity contribution < 1.29 is 14.0 Å². The third-order valence-electron chi connectivity index (χ3n) is 3.16. The summed E-state index contributed by atoms with van der Waals surface area (Å²) >= 11 is 3.23. The minimum absolute atomic E-state index is 0.110. The van der Waals surface area contributed by atoms with Gasteiger partial charge in [-0.05, 0) is 36.4 Å². The zero-order valence-electron chi connectivity index (χ0n) is 11.2. The monoisotopic (exact) mass is 360 g/mol. The maximum Gasteiger partial charge on any atom is 0.282 e. The van der Waals surface area contributed by atoms with E-state index in [2.05, 4.69) is 21.4 Å². The number of carbonyl (C=O) groups is 2. The number of amides is 2. The first kappa shape index (κ1) is 14.5. The molecule has 1 heterocycles. The van der Waals surface area contributed by atoms with Crippen LogP contribution in [-0.4, -0.2) is 11.8 Å². The van der Waals surface area contributed by atoms with Crippen LogP contribution in [0.15, 0.2) is 58.6 Å². The SMILES string of the molecule is O=C1NN(c2ccccc2)C(=O)/C1=C/c1cc(Br)ccc1F. The van der Waals surface area contributed by atoms with Gasteiger partial charge in [0.1, 0.15) is 11.4 Å². The van der Waals surface area contributed by atoms with Crippen molar-refractivity contribution >= 4 is 39.5 Å². The summed E-state index contributed by atoms with van der Waals surface area (Å²) in [5, 5.41) is 1.14. The van der Waals surface area contributed by atoms with Gasteiger partial charge in [-0.2, -0.15) is 0 Å². The third kappa shape index (κ3) is 2.65. The molecule has 0 bridgehead atoms. The zero-order valence-corrected chi connectivity index (χ0v) is 12.8. The van der Waals surface area contributed by atoms with Crippen LogP contribution < -0.4 is 10.4 Å². The largest absolute Gasteiger partial charge is 0.282 e. The predicted octanol–water partition coefficient (Wildman–Crippen LogP) is 3.05. The Labute approximate surface area is 134 Å². The molecule has 110 valence electrons. The summed E-state index contributed by atoms with van der Waals surface area (Å²) in [4.78, 5) is 24.4. The van der Waals surface area contributed by atoms with E-state index in [0.717, 1.165) is 5.01 Å². The summed E-state index contributed by atoms with van der Waals surface area (Å²) in [7, 11) is 0. The Hall–Kier alpha value is -2.47. The number of anilines is 1. The van der Waals surface area contributed by atoms with Gasteiger partial charge in [0.25, 0.3) is 11.8 Å². The summed E-state index contributed by atoms with van der Waals surface area (Å²) in [6, 6.07) is 13.0. The molecule has 1 N–H and O–H groups in total. The molecule has 3 rings (SSSR count). The lowest BCUT2D eigenvalue weighted by molar-refractivity contribution is -0.117. The fraction of sp³-hybridized carbons (Fsp3) is 0. The number of benzene rings is 2. The molecule has 0 unspecified atom stereocenters. The van der Waals surface area contributed by atoms with Crippen molar-refractivity contribution in [2.45, 2.75) is 0 Å². The topological polar surface area (TPSA) is 49.4 Å². The second-order valence-corrected chi connectivity index (χ2v) is 5.56. The van der Waals surface area contributed by atoms with E-state index in [1.807, 2.05) is 0 Å². The van der Waals surface area contributed by atoms with Crippen molar-refractivity contribution in [2.24, 2.45) is 0 Å². The maximum atomic E-state index is 13.8. The minimum atomic E-state index is -0.562. The first-order chi connectivity index (χ1) is 10.6. The molecule has 2 amide bonds. The number of para-hydroxylation sites is 1. The molecule has 2 aromatic carbocycles. The second kappa shape index (κ2) is 5.73. The van der Waals surface area contributed by atoms with Crippen molar-refractivity contribution in [3.05, 3.63) is 70.0 Å². The number of hydrogen-bond donors (Lipinski definition) is 1. The highest BCUT2D eigenvalue weighted by atomic mass is 79.9. The molecule has 0 radical (unpaired) electrons. The molecule has 6 heteroatoms. The first-order valence-corrected chi connectivity index (χ1v) is 7.23. The Morgan fingerprint density at radius 3 is 2.55 bits per heavy atom. The molecule has 4 nitrogen and oxygen atoms in total. The van der Waals surface area contributed by atoms with Crippen molar-refractivity contribution in [3.8, 4) is 0 Å². The Balaban J connectivity index is 1.98. The van der Waals surface area contributed by atoms with Crippen LogP contribution >= 0.6 is 15.9 Å². The summed E-state index contributed by atoms with van der Waals surface area (Å²) in [5.41, 5.74) is 3.07. The molecule has 2 aromatic rings. The van der Waals surface area contributed by atoms with Crippen LogP contribution in [-0.2, 0) is 9.59 Å². The summed E-state index contributed by atoms with van der Waals surface area (Å²) < 4.78 is 14.4. The van der Waals surface area contributed by atoms with Gasteiger partial charge in [-0.25, -0.2) is 9.40 Å². The van der Waals surface area contributed by atoms with Gasteiger partial charge >= 0.3 is 0 Å². The van der Waals surface area contributed by atoms with E-state index in [-0.39, 0.29) is 11.1 Å². The first-order valence-electron chi connectivity index (χ1n) is 6.43. The van der Waals surface area contributed by atoms with Crippen molar-refractivity contribution in [1.29, 1.82) is 0 Å². The lowest BCUT2D eigenvalue weighted by Gasteiger charge is -2.13. The molecule has 0 saturated carbocycles. The Kier molecular flexibility index (Phi) is 3.77. The van der Waals surface area contributed by atoms with E-state index >= 15 is 0 Å². The normalized spacial score (nSPS) is 16.3. The standard InChI is InChI=1S/C16H10BrFN2O2/c17-11-6-7-14(18)10(8-11)9-13-15(21)19-20(16(13)22)12-4-2-1-3-5-12/h1-9H,(H,19,21)/b13-9+. The van der Waals surface area contributed by atoms with Gasteiger partial charge in [-0.1, -0.05) is 34.1 Å². The fourth-order valence-corrected chi connectivity index (χ4v) is 2.48. The number of halogens is 2. The van der Waals surface area contributed by atoms with Crippen LogP contribution in [0.1, 0.15) is 5.56 Å². The molecule has 0 spiro atoms. The number of nitrogens with one attached hydrogen (secondary N) is 1. The third-order valence-corrected chi connectivity index (χ3v) is 3.66. The molecular weight excluding hydrogens is 351 g/mol. The molecule has 1 saturated heterocycles. The van der Waals surface area contributed by atoms with Gasteiger partial charge in [0.2, 0.25) is 0 Å². The number of hydrazine groups is 1. The van der Waals surface area contributed by atoms with Gasteiger partial charge in [0.15, 0.2) is 0 Å². The number of nitrogens with zero attached hydrogens (tertiary/aromatic N) is 1. The highest BCUT2D eigenvalue weighted by Gasteiger charge is 2.34. The average molecular weight is 361 g/mol. The zero-order chi connectivity index (χ0) is 15.7. The van der Waals surface area contributed by atoms with E-state index in [1.165, 1.54) is 18.2 Å².